The van der Waals surface area contributed by atoms with Gasteiger partial charge >= 0.3 is 0 Å². The molecule has 0 saturated heterocycles. The van der Waals surface area contributed by atoms with E-state index in [1.54, 1.807) is 17.6 Å². The maximum absolute atomic E-state index is 5.65. The number of thiazole rings is 1. The van der Waals surface area contributed by atoms with Crippen molar-refractivity contribution in [2.45, 2.75) is 12.6 Å². The second kappa shape index (κ2) is 6.36. The maximum atomic E-state index is 5.65. The molecule has 0 bridgehead atoms. The molecule has 1 atom stereocenters. The molecule has 2 heterocycles. The standard InChI is InChI=1S/C19H16N2OS/c1-2-7-14(8-3-1)19(16-10-6-12-22-16)20-13-18-21-15-9-4-5-11-17(15)23-18/h1-12,19-20H,13H2/p+1/t19-/m0/s1. The number of aromatic nitrogens is 1. The fraction of sp³-hybridized carbons (Fsp3) is 0.105. The van der Waals surface area contributed by atoms with Crippen LogP contribution >= 0.6 is 11.3 Å². The minimum absolute atomic E-state index is 0.151. The van der Waals surface area contributed by atoms with Crippen molar-refractivity contribution in [2.75, 3.05) is 0 Å². The van der Waals surface area contributed by atoms with E-state index in [1.807, 2.05) is 24.3 Å². The van der Waals surface area contributed by atoms with Crippen molar-refractivity contribution in [1.82, 2.24) is 4.98 Å². The zero-order valence-corrected chi connectivity index (χ0v) is 13.4. The third-order valence-corrected chi connectivity index (χ3v) is 4.93. The Kier molecular flexibility index (Phi) is 3.92. The van der Waals surface area contributed by atoms with E-state index in [0.29, 0.717) is 0 Å². The van der Waals surface area contributed by atoms with Crippen LogP contribution in [0.3, 0.4) is 0 Å². The van der Waals surface area contributed by atoms with Crippen LogP contribution in [-0.2, 0) is 6.54 Å². The smallest absolute Gasteiger partial charge is 0.170 e. The summed E-state index contributed by atoms with van der Waals surface area (Å²) in [6.45, 7) is 0.833. The number of quaternary nitrogens is 1. The molecule has 0 amide bonds. The number of hydrogen-bond acceptors (Lipinski definition) is 3. The Balaban J connectivity index is 1.58. The molecule has 23 heavy (non-hydrogen) atoms. The summed E-state index contributed by atoms with van der Waals surface area (Å²) in [6, 6.07) is 22.9. The van der Waals surface area contributed by atoms with Crippen molar-refractivity contribution >= 4 is 21.6 Å². The van der Waals surface area contributed by atoms with Gasteiger partial charge in [-0.1, -0.05) is 42.5 Å². The minimum Gasteiger partial charge on any atom is -0.463 e. The van der Waals surface area contributed by atoms with Gasteiger partial charge in [0.2, 0.25) is 0 Å². The van der Waals surface area contributed by atoms with Crippen LogP contribution in [0, 0.1) is 0 Å². The number of fused-ring (bicyclic) bond motifs is 1. The van der Waals surface area contributed by atoms with Crippen LogP contribution in [0.15, 0.2) is 77.4 Å². The average Bonchev–Trinajstić information content (AvgIpc) is 3.25. The summed E-state index contributed by atoms with van der Waals surface area (Å²) in [5.74, 6) is 0.970. The number of furan rings is 1. The molecule has 2 aromatic heterocycles. The van der Waals surface area contributed by atoms with Crippen LogP contribution in [0.1, 0.15) is 22.4 Å². The van der Waals surface area contributed by atoms with E-state index in [4.69, 9.17) is 9.40 Å². The van der Waals surface area contributed by atoms with Crippen LogP contribution in [-0.4, -0.2) is 4.98 Å². The van der Waals surface area contributed by atoms with E-state index >= 15 is 0 Å². The van der Waals surface area contributed by atoms with Crippen LogP contribution in [0.4, 0.5) is 0 Å². The van der Waals surface area contributed by atoms with Gasteiger partial charge in [0.15, 0.2) is 11.8 Å². The van der Waals surface area contributed by atoms with Gasteiger partial charge in [0.25, 0.3) is 0 Å². The second-order valence-electron chi connectivity index (χ2n) is 5.42. The molecule has 0 unspecified atom stereocenters. The van der Waals surface area contributed by atoms with E-state index in [-0.39, 0.29) is 6.04 Å². The molecule has 2 N–H and O–H groups in total. The lowest BCUT2D eigenvalue weighted by molar-refractivity contribution is -0.704. The van der Waals surface area contributed by atoms with E-state index in [2.05, 4.69) is 47.8 Å². The molecule has 4 aromatic rings. The predicted octanol–water partition coefficient (Wildman–Crippen LogP) is 3.74. The lowest BCUT2D eigenvalue weighted by Crippen LogP contribution is -2.83. The summed E-state index contributed by atoms with van der Waals surface area (Å²) in [6.07, 6.45) is 1.73. The first-order valence-electron chi connectivity index (χ1n) is 7.66. The summed E-state index contributed by atoms with van der Waals surface area (Å²) in [5, 5.41) is 3.42. The highest BCUT2D eigenvalue weighted by Gasteiger charge is 2.20. The van der Waals surface area contributed by atoms with Crippen LogP contribution in [0.25, 0.3) is 10.2 Å². The molecule has 0 aliphatic carbocycles. The van der Waals surface area contributed by atoms with E-state index < -0.39 is 0 Å². The highest BCUT2D eigenvalue weighted by molar-refractivity contribution is 7.18. The zero-order chi connectivity index (χ0) is 15.5. The fourth-order valence-electron chi connectivity index (χ4n) is 2.77. The van der Waals surface area contributed by atoms with Crippen molar-refractivity contribution in [3.8, 4) is 0 Å². The van der Waals surface area contributed by atoms with Crippen molar-refractivity contribution in [3.63, 3.8) is 0 Å². The topological polar surface area (TPSA) is 42.6 Å². The Morgan fingerprint density at radius 3 is 2.57 bits per heavy atom. The molecule has 4 heteroatoms. The Morgan fingerprint density at radius 2 is 1.78 bits per heavy atom. The monoisotopic (exact) mass is 321 g/mol. The third kappa shape index (κ3) is 3.04. The van der Waals surface area contributed by atoms with Gasteiger partial charge in [-0.25, -0.2) is 4.98 Å². The van der Waals surface area contributed by atoms with Crippen molar-refractivity contribution in [2.24, 2.45) is 0 Å². The van der Waals surface area contributed by atoms with Crippen LogP contribution in [0.5, 0.6) is 0 Å². The number of nitrogens with two attached hydrogens (primary N) is 1. The molecule has 0 aliphatic rings. The average molecular weight is 321 g/mol. The SMILES string of the molecule is c1ccc([C@H]([NH2+]Cc2nc3ccccc3s2)c2ccco2)cc1. The van der Waals surface area contributed by atoms with Gasteiger partial charge in [-0.05, 0) is 24.3 Å². The summed E-state index contributed by atoms with van der Waals surface area (Å²) in [7, 11) is 0. The number of nitrogens with zero attached hydrogens (tertiary/aromatic N) is 1. The third-order valence-electron chi connectivity index (χ3n) is 3.87. The van der Waals surface area contributed by atoms with Gasteiger partial charge in [-0.2, -0.15) is 0 Å². The predicted molar refractivity (Wildman–Crippen MR) is 92.2 cm³/mol. The van der Waals surface area contributed by atoms with Crippen LogP contribution < -0.4 is 5.32 Å². The Morgan fingerprint density at radius 1 is 0.957 bits per heavy atom. The van der Waals surface area contributed by atoms with Gasteiger partial charge in [-0.15, -0.1) is 11.3 Å². The van der Waals surface area contributed by atoms with Crippen molar-refractivity contribution in [3.05, 3.63) is 89.3 Å². The molecule has 0 radical (unpaired) electrons. The van der Waals surface area contributed by atoms with E-state index in [0.717, 1.165) is 22.8 Å². The first kappa shape index (κ1) is 14.2. The highest BCUT2D eigenvalue weighted by atomic mass is 32.1. The van der Waals surface area contributed by atoms with E-state index in [9.17, 15) is 0 Å². The van der Waals surface area contributed by atoms with Crippen molar-refractivity contribution in [1.29, 1.82) is 0 Å². The van der Waals surface area contributed by atoms with Crippen LogP contribution in [0.2, 0.25) is 0 Å². The number of benzene rings is 2. The van der Waals surface area contributed by atoms with Gasteiger partial charge in [0, 0.05) is 5.56 Å². The van der Waals surface area contributed by atoms with Crippen molar-refractivity contribution < 1.29 is 9.73 Å². The Labute approximate surface area is 138 Å². The largest absolute Gasteiger partial charge is 0.463 e. The Hall–Kier alpha value is -2.43. The lowest BCUT2D eigenvalue weighted by atomic mass is 10.0. The Bertz CT molecular complexity index is 851. The normalized spacial score (nSPS) is 12.5. The summed E-state index contributed by atoms with van der Waals surface area (Å²) >= 11 is 1.76. The number of para-hydroxylation sites is 1. The van der Waals surface area contributed by atoms with Gasteiger partial charge in [0.05, 0.1) is 16.5 Å². The maximum Gasteiger partial charge on any atom is 0.170 e. The molecule has 0 aliphatic heterocycles. The molecule has 114 valence electrons. The fourth-order valence-corrected chi connectivity index (χ4v) is 3.71. The first-order chi connectivity index (χ1) is 11.4. The first-order valence-corrected chi connectivity index (χ1v) is 8.48. The van der Waals surface area contributed by atoms with E-state index in [1.165, 1.54) is 10.3 Å². The minimum atomic E-state index is 0.151. The highest BCUT2D eigenvalue weighted by Crippen LogP contribution is 2.22. The summed E-state index contributed by atoms with van der Waals surface area (Å²) < 4.78 is 6.89. The quantitative estimate of drug-likeness (QED) is 0.608. The molecule has 0 saturated carbocycles. The van der Waals surface area contributed by atoms with Gasteiger partial charge in [0.1, 0.15) is 11.6 Å². The van der Waals surface area contributed by atoms with Gasteiger partial charge < -0.3 is 9.73 Å². The van der Waals surface area contributed by atoms with Gasteiger partial charge in [-0.3, -0.25) is 0 Å². The summed E-state index contributed by atoms with van der Waals surface area (Å²) in [4.78, 5) is 4.72. The second-order valence-corrected chi connectivity index (χ2v) is 6.53. The molecule has 0 fully saturated rings. The molecule has 4 rings (SSSR count). The molecule has 2 aromatic carbocycles. The summed E-state index contributed by atoms with van der Waals surface area (Å²) in [5.41, 5.74) is 2.32. The zero-order valence-electron chi connectivity index (χ0n) is 12.6. The molecular weight excluding hydrogens is 304 g/mol. The lowest BCUT2D eigenvalue weighted by Gasteiger charge is -2.13. The molecule has 3 nitrogen and oxygen atoms in total. The molecule has 0 spiro atoms. The number of rotatable bonds is 5. The molecular formula is C19H17N2OS+. The number of hydrogen-bond donors (Lipinski definition) is 1.